The molecule has 7 N–H and O–H groups in total. The number of hydrogen-bond donors (Lipinski definition) is 7. The lowest BCUT2D eigenvalue weighted by Crippen LogP contribution is -2.61. The molecule has 2 heterocycles. The highest BCUT2D eigenvalue weighted by atomic mass is 16.7. The SMILES string of the molecule is CCCCC/C=C\C/C=C\CCCCCCCC(=O)OC(COC(=O)CCCCCCCCC/C=C\CCCCCCCCC)COC1OC(COC2OC(CO)C(O)C(O)C2O)C(O)C(O)C1O. The molecule has 11 unspecified atom stereocenters. The maximum atomic E-state index is 13.0. The fourth-order valence-corrected chi connectivity index (χ4v) is 8.36. The van der Waals surface area contributed by atoms with Crippen molar-refractivity contribution in [1.29, 1.82) is 0 Å². The molecule has 2 aliphatic heterocycles. The van der Waals surface area contributed by atoms with Gasteiger partial charge in [0.05, 0.1) is 19.8 Å². The van der Waals surface area contributed by atoms with Gasteiger partial charge >= 0.3 is 11.9 Å². The molecule has 11 atom stereocenters. The van der Waals surface area contributed by atoms with Gasteiger partial charge in [0, 0.05) is 12.8 Å². The molecule has 0 saturated carbocycles. The average molecular weight is 985 g/mol. The van der Waals surface area contributed by atoms with Gasteiger partial charge < -0.3 is 64.2 Å². The highest BCUT2D eigenvalue weighted by molar-refractivity contribution is 5.70. The topological polar surface area (TPSA) is 231 Å². The lowest BCUT2D eigenvalue weighted by atomic mass is 9.98. The summed E-state index contributed by atoms with van der Waals surface area (Å²) in [4.78, 5) is 25.8. The molecule has 0 amide bonds. The Labute approximate surface area is 415 Å². The molecule has 0 aromatic heterocycles. The van der Waals surface area contributed by atoms with Crippen LogP contribution < -0.4 is 0 Å². The number of esters is 2. The standard InChI is InChI=1S/C54H96O15/c1-3-5-7-9-11-13-15-17-19-20-21-23-24-26-28-30-32-34-36-45(56)64-39-42(67-46(57)37-35-33-31-29-27-25-22-18-16-14-12-10-8-6-4-2)40-65-53-52(63)50(61)48(59)44(69-53)41-66-54-51(62)49(60)47(58)43(38-55)68-54/h12,14,18-20,22,42-44,47-55,58-63H,3-11,13,15-17,21,23-41H2,1-2H3/b14-12-,20-19-,22-18-. The van der Waals surface area contributed by atoms with Gasteiger partial charge in [0.2, 0.25) is 0 Å². The van der Waals surface area contributed by atoms with Crippen LogP contribution in [0.1, 0.15) is 200 Å². The molecular formula is C54H96O15. The fraction of sp³-hybridized carbons (Fsp3) is 0.852. The first-order valence-corrected chi connectivity index (χ1v) is 27.1. The van der Waals surface area contributed by atoms with Crippen molar-refractivity contribution in [3.05, 3.63) is 36.5 Å². The maximum absolute atomic E-state index is 13.0. The molecule has 0 aromatic rings. The monoisotopic (exact) mass is 985 g/mol. The van der Waals surface area contributed by atoms with Crippen molar-refractivity contribution in [1.82, 2.24) is 0 Å². The third-order valence-electron chi connectivity index (χ3n) is 12.8. The van der Waals surface area contributed by atoms with Crippen LogP contribution in [0, 0.1) is 0 Å². The number of allylic oxidation sites excluding steroid dienone is 6. The predicted octanol–water partition coefficient (Wildman–Crippen LogP) is 8.10. The van der Waals surface area contributed by atoms with Crippen molar-refractivity contribution in [2.24, 2.45) is 0 Å². The Morgan fingerprint density at radius 3 is 1.39 bits per heavy atom. The van der Waals surface area contributed by atoms with Gasteiger partial charge in [0.1, 0.15) is 55.4 Å². The molecule has 0 spiro atoms. The summed E-state index contributed by atoms with van der Waals surface area (Å²) < 4.78 is 33.6. The highest BCUT2D eigenvalue weighted by Gasteiger charge is 2.47. The van der Waals surface area contributed by atoms with E-state index in [1.165, 1.54) is 89.9 Å². The second kappa shape index (κ2) is 41.2. The van der Waals surface area contributed by atoms with E-state index in [2.05, 4.69) is 50.3 Å². The minimum absolute atomic E-state index is 0.149. The largest absolute Gasteiger partial charge is 0.462 e. The Hall–Kier alpha value is -2.28. The number of aliphatic hydroxyl groups excluding tert-OH is 7. The smallest absolute Gasteiger partial charge is 0.306 e. The van der Waals surface area contributed by atoms with Crippen LogP contribution in [-0.4, -0.2) is 142 Å². The number of hydrogen-bond acceptors (Lipinski definition) is 15. The van der Waals surface area contributed by atoms with Crippen LogP contribution in [0.4, 0.5) is 0 Å². The molecular weight excluding hydrogens is 889 g/mol. The van der Waals surface area contributed by atoms with Crippen LogP contribution in [0.2, 0.25) is 0 Å². The van der Waals surface area contributed by atoms with Gasteiger partial charge in [-0.1, -0.05) is 153 Å². The van der Waals surface area contributed by atoms with Crippen LogP contribution in [-0.2, 0) is 38.0 Å². The van der Waals surface area contributed by atoms with E-state index in [1.54, 1.807) is 0 Å². The quantitative estimate of drug-likeness (QED) is 0.0174. The van der Waals surface area contributed by atoms with Crippen molar-refractivity contribution in [2.75, 3.05) is 26.4 Å². The average Bonchev–Trinajstić information content (AvgIpc) is 3.34. The minimum Gasteiger partial charge on any atom is -0.462 e. The fourth-order valence-electron chi connectivity index (χ4n) is 8.36. The number of rotatable bonds is 42. The molecule has 15 heteroatoms. The Bertz CT molecular complexity index is 1340. The molecule has 0 bridgehead atoms. The minimum atomic E-state index is -1.77. The van der Waals surface area contributed by atoms with Crippen LogP contribution in [0.15, 0.2) is 36.5 Å². The summed E-state index contributed by atoms with van der Waals surface area (Å²) >= 11 is 0. The third-order valence-corrected chi connectivity index (χ3v) is 12.8. The lowest BCUT2D eigenvalue weighted by molar-refractivity contribution is -0.332. The second-order valence-electron chi connectivity index (χ2n) is 19.0. The van der Waals surface area contributed by atoms with E-state index < -0.39 is 92.7 Å². The molecule has 2 fully saturated rings. The molecule has 69 heavy (non-hydrogen) atoms. The first-order chi connectivity index (χ1) is 33.5. The summed E-state index contributed by atoms with van der Waals surface area (Å²) in [6.45, 7) is 2.55. The first kappa shape index (κ1) is 62.8. The van der Waals surface area contributed by atoms with Crippen molar-refractivity contribution in [3.8, 4) is 0 Å². The van der Waals surface area contributed by atoms with Crippen molar-refractivity contribution in [3.63, 3.8) is 0 Å². The van der Waals surface area contributed by atoms with E-state index in [-0.39, 0.29) is 26.1 Å². The van der Waals surface area contributed by atoms with Crippen LogP contribution in [0.5, 0.6) is 0 Å². The zero-order chi connectivity index (χ0) is 50.3. The summed E-state index contributed by atoms with van der Waals surface area (Å²) in [6, 6.07) is 0. The Morgan fingerprint density at radius 2 is 0.870 bits per heavy atom. The van der Waals surface area contributed by atoms with Crippen molar-refractivity contribution < 1.29 is 73.8 Å². The zero-order valence-corrected chi connectivity index (χ0v) is 42.5. The summed E-state index contributed by atoms with van der Waals surface area (Å²) in [5.74, 6) is -0.942. The maximum Gasteiger partial charge on any atom is 0.306 e. The number of unbranched alkanes of at least 4 members (excludes halogenated alkanes) is 22. The van der Waals surface area contributed by atoms with Crippen LogP contribution in [0.3, 0.4) is 0 Å². The van der Waals surface area contributed by atoms with Gasteiger partial charge in [-0.25, -0.2) is 0 Å². The number of ether oxygens (including phenoxy) is 6. The number of carbonyl (C=O) groups is 2. The van der Waals surface area contributed by atoms with E-state index >= 15 is 0 Å². The van der Waals surface area contributed by atoms with Crippen molar-refractivity contribution in [2.45, 2.75) is 268 Å². The van der Waals surface area contributed by atoms with E-state index in [0.717, 1.165) is 70.6 Å². The van der Waals surface area contributed by atoms with E-state index in [0.29, 0.717) is 12.8 Å². The highest BCUT2D eigenvalue weighted by Crippen LogP contribution is 2.26. The number of aliphatic hydroxyl groups is 7. The Kier molecular flexibility index (Phi) is 37.5. The molecule has 2 saturated heterocycles. The van der Waals surface area contributed by atoms with Gasteiger partial charge in [-0.05, 0) is 70.6 Å². The Balaban J connectivity index is 1.79. The molecule has 0 aromatic carbocycles. The normalized spacial score (nSPS) is 25.8. The summed E-state index contributed by atoms with van der Waals surface area (Å²) in [7, 11) is 0. The van der Waals surface area contributed by atoms with Gasteiger partial charge in [-0.15, -0.1) is 0 Å². The van der Waals surface area contributed by atoms with E-state index in [1.807, 2.05) is 0 Å². The molecule has 2 aliphatic rings. The van der Waals surface area contributed by atoms with Crippen LogP contribution in [0.25, 0.3) is 0 Å². The molecule has 0 radical (unpaired) electrons. The van der Waals surface area contributed by atoms with Gasteiger partial charge in [-0.2, -0.15) is 0 Å². The summed E-state index contributed by atoms with van der Waals surface area (Å²) in [5.41, 5.74) is 0. The van der Waals surface area contributed by atoms with E-state index in [4.69, 9.17) is 28.4 Å². The molecule has 15 nitrogen and oxygen atoms in total. The van der Waals surface area contributed by atoms with Gasteiger partial charge in [0.15, 0.2) is 18.7 Å². The third kappa shape index (κ3) is 29.1. The Morgan fingerprint density at radius 1 is 0.464 bits per heavy atom. The zero-order valence-electron chi connectivity index (χ0n) is 42.5. The lowest BCUT2D eigenvalue weighted by Gasteiger charge is -2.42. The number of carbonyl (C=O) groups excluding carboxylic acids is 2. The molecule has 2 rings (SSSR count). The molecule has 0 aliphatic carbocycles. The summed E-state index contributed by atoms with van der Waals surface area (Å²) in [5, 5.41) is 72.1. The van der Waals surface area contributed by atoms with Crippen LogP contribution >= 0.6 is 0 Å². The summed E-state index contributed by atoms with van der Waals surface area (Å²) in [6.07, 6.45) is 27.4. The van der Waals surface area contributed by atoms with Crippen molar-refractivity contribution >= 4 is 11.9 Å². The van der Waals surface area contributed by atoms with Gasteiger partial charge in [0.25, 0.3) is 0 Å². The van der Waals surface area contributed by atoms with E-state index in [9.17, 15) is 45.3 Å². The predicted molar refractivity (Wildman–Crippen MR) is 266 cm³/mol. The first-order valence-electron chi connectivity index (χ1n) is 27.1. The second-order valence-corrected chi connectivity index (χ2v) is 19.0. The molecule has 402 valence electrons. The van der Waals surface area contributed by atoms with Gasteiger partial charge in [-0.3, -0.25) is 9.59 Å².